The Bertz CT molecular complexity index is 2630. The van der Waals surface area contributed by atoms with Crippen LogP contribution in [0.1, 0.15) is 11.1 Å². The van der Waals surface area contributed by atoms with Gasteiger partial charge in [0.05, 0.1) is 26.5 Å². The number of hydrogen-bond acceptors (Lipinski definition) is 10. The van der Waals surface area contributed by atoms with E-state index in [0.717, 1.165) is 27.1 Å². The Hall–Kier alpha value is -3.64. The van der Waals surface area contributed by atoms with Crippen LogP contribution in [0.4, 0.5) is 14.7 Å². The topological polar surface area (TPSA) is 107 Å². The lowest BCUT2D eigenvalue weighted by atomic mass is 10.1. The van der Waals surface area contributed by atoms with Crippen molar-refractivity contribution in [1.29, 1.82) is 0 Å². The second kappa shape index (κ2) is 17.9. The van der Waals surface area contributed by atoms with E-state index in [1.54, 1.807) is 65.9 Å². The Labute approximate surface area is 361 Å². The van der Waals surface area contributed by atoms with Crippen LogP contribution >= 0.6 is 57.5 Å². The molecule has 0 N–H and O–H groups in total. The van der Waals surface area contributed by atoms with Gasteiger partial charge in [-0.25, -0.2) is 31.2 Å². The smallest absolute Gasteiger partial charge is 0.244 e. The molecule has 6 aromatic rings. The number of hydrogen-bond donors (Lipinski definition) is 0. The summed E-state index contributed by atoms with van der Waals surface area (Å²) in [6, 6.07) is 24.0. The molecule has 58 heavy (non-hydrogen) atoms. The fourth-order valence-electron chi connectivity index (χ4n) is 6.69. The van der Waals surface area contributed by atoms with Crippen molar-refractivity contribution in [1.82, 2.24) is 18.6 Å². The third-order valence-corrected chi connectivity index (χ3v) is 16.5. The zero-order valence-corrected chi connectivity index (χ0v) is 36.9. The third-order valence-electron chi connectivity index (χ3n) is 9.64. The highest BCUT2D eigenvalue weighted by molar-refractivity contribution is 7.89. The molecule has 0 bridgehead atoms. The predicted octanol–water partition coefficient (Wildman–Crippen LogP) is 9.36. The minimum atomic E-state index is -3.64. The van der Waals surface area contributed by atoms with Gasteiger partial charge in [-0.05, 0) is 68.4 Å². The molecule has 2 aliphatic rings. The monoisotopic (exact) mass is 918 g/mol. The number of sulfonamides is 2. The lowest BCUT2D eigenvalue weighted by molar-refractivity contribution is 0.384. The Morgan fingerprint density at radius 2 is 0.983 bits per heavy atom. The van der Waals surface area contributed by atoms with Crippen LogP contribution in [0.25, 0.3) is 22.5 Å². The molecule has 2 saturated heterocycles. The van der Waals surface area contributed by atoms with E-state index < -0.39 is 25.9 Å². The van der Waals surface area contributed by atoms with Gasteiger partial charge in [-0.3, -0.25) is 0 Å². The van der Waals surface area contributed by atoms with Gasteiger partial charge in [-0.1, -0.05) is 76.3 Å². The molecule has 2 fully saturated rings. The maximum atomic E-state index is 13.4. The quantitative estimate of drug-likeness (QED) is 0.149. The first kappa shape index (κ1) is 42.5. The van der Waals surface area contributed by atoms with Crippen molar-refractivity contribution >= 4 is 87.8 Å². The van der Waals surface area contributed by atoms with Gasteiger partial charge in [0.1, 0.15) is 15.6 Å². The summed E-state index contributed by atoms with van der Waals surface area (Å²) in [5.74, 6) is -0.471. The molecule has 4 heterocycles. The first-order chi connectivity index (χ1) is 27.7. The van der Waals surface area contributed by atoms with E-state index in [0.29, 0.717) is 58.1 Å². The van der Waals surface area contributed by atoms with Crippen molar-refractivity contribution in [2.75, 3.05) is 62.2 Å². The summed E-state index contributed by atoms with van der Waals surface area (Å²) in [6.45, 7) is 7.90. The zero-order chi connectivity index (χ0) is 41.2. The molecular weight excluding hydrogens is 882 g/mol. The lowest BCUT2D eigenvalue weighted by Gasteiger charge is -2.33. The Kier molecular flexibility index (Phi) is 13.1. The first-order valence-electron chi connectivity index (χ1n) is 18.1. The molecule has 2 aliphatic heterocycles. The van der Waals surface area contributed by atoms with Gasteiger partial charge in [0.15, 0.2) is 10.3 Å². The van der Waals surface area contributed by atoms with Crippen molar-refractivity contribution in [3.63, 3.8) is 0 Å². The van der Waals surface area contributed by atoms with Gasteiger partial charge in [0.2, 0.25) is 20.0 Å². The molecule has 0 saturated carbocycles. The van der Waals surface area contributed by atoms with Crippen LogP contribution in [0.5, 0.6) is 0 Å². The summed E-state index contributed by atoms with van der Waals surface area (Å²) < 4.78 is 67.9. The molecule has 0 aliphatic carbocycles. The number of nitrogens with zero attached hydrogens (tertiary/aromatic N) is 6. The summed E-state index contributed by atoms with van der Waals surface area (Å²) >= 11 is 21.1. The van der Waals surface area contributed by atoms with Gasteiger partial charge in [0, 0.05) is 74.2 Å². The van der Waals surface area contributed by atoms with E-state index in [4.69, 9.17) is 39.8 Å². The first-order valence-corrected chi connectivity index (χ1v) is 23.9. The van der Waals surface area contributed by atoms with Gasteiger partial charge in [0.25, 0.3) is 0 Å². The number of aryl methyl sites for hydroxylation is 2. The predicted molar refractivity (Wildman–Crippen MR) is 234 cm³/mol. The largest absolute Gasteiger partial charge is 0.345 e. The second-order valence-electron chi connectivity index (χ2n) is 13.7. The summed E-state index contributed by atoms with van der Waals surface area (Å²) in [5, 5.41) is 6.19. The van der Waals surface area contributed by atoms with Crippen molar-refractivity contribution in [2.45, 2.75) is 23.6 Å². The second-order valence-corrected chi connectivity index (χ2v) is 20.4. The number of anilines is 2. The molecule has 8 rings (SSSR count). The van der Waals surface area contributed by atoms with Crippen LogP contribution in [0, 0.1) is 19.7 Å². The molecule has 0 atom stereocenters. The Morgan fingerprint density at radius 1 is 0.552 bits per heavy atom. The van der Waals surface area contributed by atoms with Crippen LogP contribution in [0.15, 0.2) is 105 Å². The summed E-state index contributed by atoms with van der Waals surface area (Å²) in [5.41, 5.74) is 5.95. The number of halogens is 4. The molecule has 0 spiro atoms. The van der Waals surface area contributed by atoms with Crippen molar-refractivity contribution in [3.05, 3.63) is 128 Å². The van der Waals surface area contributed by atoms with E-state index >= 15 is 0 Å². The molecule has 0 radical (unpaired) electrons. The minimum Gasteiger partial charge on any atom is -0.345 e. The number of rotatable bonds is 8. The van der Waals surface area contributed by atoms with Gasteiger partial charge >= 0.3 is 0 Å². The van der Waals surface area contributed by atoms with E-state index in [2.05, 4.69) is 47.3 Å². The average molecular weight is 920 g/mol. The number of piperazine rings is 2. The SMILES string of the molecule is Cc1cc(C)cc(-c2csc(N3CCN(S(=O)(=O)c4ccccc4Cl)CC3)n2)c1.O=S(=O)(c1ccccc1Cl)N1CCN(c2nc(-c3ccc(F)c(Cl)c3)cs2)CC1. The van der Waals surface area contributed by atoms with Crippen LogP contribution in [0.2, 0.25) is 15.1 Å². The maximum absolute atomic E-state index is 13.4. The van der Waals surface area contributed by atoms with Gasteiger partial charge < -0.3 is 9.80 Å². The Balaban J connectivity index is 0.000000177. The molecule has 18 heteroatoms. The average Bonchev–Trinajstić information content (AvgIpc) is 3.91. The highest BCUT2D eigenvalue weighted by atomic mass is 35.5. The summed E-state index contributed by atoms with van der Waals surface area (Å²) in [7, 11) is -7.23. The maximum Gasteiger partial charge on any atom is 0.244 e. The number of aromatic nitrogens is 2. The fourth-order valence-corrected chi connectivity index (χ4v) is 12.5. The molecule has 2 aromatic heterocycles. The summed E-state index contributed by atoms with van der Waals surface area (Å²) in [4.78, 5) is 13.9. The standard InChI is InChI=1S/C21H22ClN3O2S2.C19H16Cl2FN3O2S2/c1-15-11-16(2)13-17(12-15)19-14-28-21(23-19)24-7-9-25(10-8-24)29(26,27)20-6-4-3-5-18(20)22;20-14-3-1-2-4-18(14)29(26,27)25-9-7-24(8-10-25)19-23-17(12-28-19)13-5-6-16(22)15(21)11-13/h3-6,11-14H,7-10H2,1-2H3;1-6,11-12H,7-10H2. The van der Waals surface area contributed by atoms with E-state index in [1.807, 2.05) is 10.3 Å². The van der Waals surface area contributed by atoms with Crippen LogP contribution in [0.3, 0.4) is 0 Å². The van der Waals surface area contributed by atoms with Crippen LogP contribution < -0.4 is 9.80 Å². The zero-order valence-electron chi connectivity index (χ0n) is 31.4. The van der Waals surface area contributed by atoms with E-state index in [1.165, 1.54) is 43.2 Å². The molecule has 10 nitrogen and oxygen atoms in total. The van der Waals surface area contributed by atoms with Crippen LogP contribution in [-0.2, 0) is 20.0 Å². The van der Waals surface area contributed by atoms with Gasteiger partial charge in [-0.2, -0.15) is 8.61 Å². The lowest BCUT2D eigenvalue weighted by Crippen LogP contribution is -2.48. The Morgan fingerprint density at radius 3 is 1.41 bits per heavy atom. The highest BCUT2D eigenvalue weighted by Crippen LogP contribution is 2.33. The molecule has 304 valence electrons. The number of thiazole rings is 2. The fraction of sp³-hybridized carbons (Fsp3) is 0.250. The van der Waals surface area contributed by atoms with Crippen molar-refractivity contribution in [3.8, 4) is 22.5 Å². The third kappa shape index (κ3) is 9.38. The molecular formula is C40H38Cl3FN6O4S4. The van der Waals surface area contributed by atoms with Crippen molar-refractivity contribution < 1.29 is 21.2 Å². The summed E-state index contributed by atoms with van der Waals surface area (Å²) in [6.07, 6.45) is 0. The normalized spacial score (nSPS) is 15.6. The van der Waals surface area contributed by atoms with E-state index in [9.17, 15) is 21.2 Å². The van der Waals surface area contributed by atoms with E-state index in [-0.39, 0.29) is 24.9 Å². The minimum absolute atomic E-state index is 0.0513. The molecule has 0 unspecified atom stereocenters. The number of benzene rings is 4. The van der Waals surface area contributed by atoms with Gasteiger partial charge in [-0.15, -0.1) is 22.7 Å². The highest BCUT2D eigenvalue weighted by Gasteiger charge is 2.32. The molecule has 4 aromatic carbocycles. The van der Waals surface area contributed by atoms with Crippen molar-refractivity contribution in [2.24, 2.45) is 0 Å². The van der Waals surface area contributed by atoms with Crippen LogP contribution in [-0.4, -0.2) is 87.8 Å². The molecule has 0 amide bonds.